The molecule has 1 aromatic carbocycles. The number of aryl methyl sites for hydroxylation is 1. The van der Waals surface area contributed by atoms with Crippen LogP contribution in [-0.4, -0.2) is 36.2 Å². The highest BCUT2D eigenvalue weighted by atomic mass is 19.4. The van der Waals surface area contributed by atoms with Gasteiger partial charge in [0.25, 0.3) is 5.91 Å². The number of benzene rings is 1. The summed E-state index contributed by atoms with van der Waals surface area (Å²) in [5.41, 5.74) is -4.05. The molecule has 0 N–H and O–H groups in total. The molecular weight excluding hydrogens is 331 g/mol. The smallest absolute Gasteiger partial charge is 0.337 e. The van der Waals surface area contributed by atoms with Gasteiger partial charge >= 0.3 is 12.4 Å². The van der Waals surface area contributed by atoms with Gasteiger partial charge < -0.3 is 4.90 Å². The van der Waals surface area contributed by atoms with Crippen LogP contribution in [0, 0.1) is 18.2 Å². The lowest BCUT2D eigenvalue weighted by molar-refractivity contribution is -0.334. The number of nitrogens with zero attached hydrogens (tertiary/aromatic N) is 1. The number of likely N-dealkylation sites (tertiary alicyclic amines) is 1. The molecule has 1 aliphatic heterocycles. The van der Waals surface area contributed by atoms with Crippen LogP contribution in [-0.2, 0) is 0 Å². The molecule has 128 valence electrons. The Labute approximate surface area is 126 Å². The summed E-state index contributed by atoms with van der Waals surface area (Å²) in [7, 11) is 0. The first-order valence-electron chi connectivity index (χ1n) is 6.58. The molecule has 1 fully saturated rings. The molecule has 23 heavy (non-hydrogen) atoms. The van der Waals surface area contributed by atoms with Gasteiger partial charge in [-0.3, -0.25) is 4.79 Å². The lowest BCUT2D eigenvalue weighted by atomic mass is 9.85. The van der Waals surface area contributed by atoms with Crippen molar-refractivity contribution in [1.29, 1.82) is 0 Å². The van der Waals surface area contributed by atoms with Gasteiger partial charge in [0.2, 0.25) is 0 Å². The van der Waals surface area contributed by atoms with Crippen LogP contribution in [0.25, 0.3) is 0 Å². The van der Waals surface area contributed by atoms with E-state index in [1.54, 1.807) is 0 Å². The van der Waals surface area contributed by atoms with Crippen molar-refractivity contribution in [2.24, 2.45) is 5.41 Å². The van der Waals surface area contributed by atoms with Gasteiger partial charge in [-0.25, -0.2) is 4.39 Å². The zero-order valence-electron chi connectivity index (χ0n) is 11.9. The van der Waals surface area contributed by atoms with Crippen LogP contribution in [0.2, 0.25) is 0 Å². The number of rotatable bonds is 1. The van der Waals surface area contributed by atoms with Crippen molar-refractivity contribution >= 4 is 5.91 Å². The van der Waals surface area contributed by atoms with Crippen LogP contribution in [0.1, 0.15) is 22.3 Å². The summed E-state index contributed by atoms with van der Waals surface area (Å²) in [6.07, 6.45) is -12.4. The molecular formula is C14H12F7NO. The minimum Gasteiger partial charge on any atom is -0.337 e. The molecule has 2 rings (SSSR count). The summed E-state index contributed by atoms with van der Waals surface area (Å²) in [6, 6.07) is 3.38. The van der Waals surface area contributed by atoms with Crippen LogP contribution in [0.5, 0.6) is 0 Å². The SMILES string of the molecule is Cc1ccc(F)c(C(=O)N2CCC(C(F)(F)F)(C(F)(F)F)C2)c1. The van der Waals surface area contributed by atoms with Crippen molar-refractivity contribution in [3.05, 3.63) is 35.1 Å². The Morgan fingerprint density at radius 3 is 2.17 bits per heavy atom. The lowest BCUT2D eigenvalue weighted by Gasteiger charge is -2.33. The monoisotopic (exact) mass is 343 g/mol. The summed E-state index contributed by atoms with van der Waals surface area (Å²) in [5.74, 6) is -2.17. The topological polar surface area (TPSA) is 20.3 Å². The molecule has 1 aliphatic rings. The second-order valence-corrected chi connectivity index (χ2v) is 5.54. The fraction of sp³-hybridized carbons (Fsp3) is 0.500. The van der Waals surface area contributed by atoms with Gasteiger partial charge in [-0.05, 0) is 25.5 Å². The molecule has 0 saturated carbocycles. The van der Waals surface area contributed by atoms with E-state index in [1.807, 2.05) is 0 Å². The highest BCUT2D eigenvalue weighted by molar-refractivity contribution is 5.95. The molecule has 0 aliphatic carbocycles. The van der Waals surface area contributed by atoms with E-state index >= 15 is 0 Å². The molecule has 1 aromatic rings. The van der Waals surface area contributed by atoms with E-state index in [1.165, 1.54) is 13.0 Å². The van der Waals surface area contributed by atoms with E-state index in [4.69, 9.17) is 0 Å². The fourth-order valence-electron chi connectivity index (χ4n) is 2.58. The van der Waals surface area contributed by atoms with Crippen LogP contribution in [0.15, 0.2) is 18.2 Å². The average Bonchev–Trinajstić information content (AvgIpc) is 2.86. The van der Waals surface area contributed by atoms with Crippen molar-refractivity contribution in [3.8, 4) is 0 Å². The molecule has 9 heteroatoms. The van der Waals surface area contributed by atoms with Crippen LogP contribution >= 0.6 is 0 Å². The van der Waals surface area contributed by atoms with Crippen LogP contribution in [0.4, 0.5) is 30.7 Å². The molecule has 0 spiro atoms. The molecule has 1 saturated heterocycles. The maximum absolute atomic E-state index is 13.6. The number of halogens is 7. The third-order valence-electron chi connectivity index (χ3n) is 3.99. The highest BCUT2D eigenvalue weighted by Gasteiger charge is 2.72. The Bertz CT molecular complexity index is 607. The molecule has 0 radical (unpaired) electrons. The van der Waals surface area contributed by atoms with Gasteiger partial charge in [-0.15, -0.1) is 0 Å². The normalized spacial score (nSPS) is 18.3. The number of alkyl halides is 6. The van der Waals surface area contributed by atoms with Gasteiger partial charge in [-0.2, -0.15) is 26.3 Å². The van der Waals surface area contributed by atoms with Crippen molar-refractivity contribution in [1.82, 2.24) is 4.90 Å². The van der Waals surface area contributed by atoms with Crippen molar-refractivity contribution in [3.63, 3.8) is 0 Å². The second kappa shape index (κ2) is 5.38. The minimum absolute atomic E-state index is 0.402. The summed E-state index contributed by atoms with van der Waals surface area (Å²) in [4.78, 5) is 12.5. The Hall–Kier alpha value is -1.80. The van der Waals surface area contributed by atoms with E-state index in [9.17, 15) is 35.5 Å². The zero-order chi connectivity index (χ0) is 17.6. The largest absolute Gasteiger partial charge is 0.404 e. The zero-order valence-corrected chi connectivity index (χ0v) is 11.9. The Balaban J connectivity index is 2.35. The van der Waals surface area contributed by atoms with Gasteiger partial charge in [0.1, 0.15) is 5.82 Å². The number of carbonyl (C=O) groups excluding carboxylic acids is 1. The molecule has 1 heterocycles. The van der Waals surface area contributed by atoms with E-state index in [2.05, 4.69) is 0 Å². The standard InChI is InChI=1S/C14H12F7NO/c1-8-2-3-10(15)9(6-8)11(23)22-5-4-12(7-22,13(16,17)18)14(19,20)21/h2-3,6H,4-5,7H2,1H3. The molecule has 1 amide bonds. The van der Waals surface area contributed by atoms with E-state index in [-0.39, 0.29) is 0 Å². The van der Waals surface area contributed by atoms with Crippen molar-refractivity contribution in [2.45, 2.75) is 25.7 Å². The van der Waals surface area contributed by atoms with Crippen molar-refractivity contribution < 1.29 is 35.5 Å². The first-order chi connectivity index (χ1) is 10.4. The number of hydrogen-bond acceptors (Lipinski definition) is 1. The van der Waals surface area contributed by atoms with Gasteiger partial charge in [0.15, 0.2) is 5.41 Å². The summed E-state index contributed by atoms with van der Waals surface area (Å²) in [6.45, 7) is -0.784. The van der Waals surface area contributed by atoms with E-state index in [0.29, 0.717) is 10.5 Å². The third-order valence-corrected chi connectivity index (χ3v) is 3.99. The van der Waals surface area contributed by atoms with Gasteiger partial charge in [-0.1, -0.05) is 11.6 Å². The number of carbonyl (C=O) groups is 1. The Kier molecular flexibility index (Phi) is 4.11. The lowest BCUT2D eigenvalue weighted by Crippen LogP contribution is -2.52. The van der Waals surface area contributed by atoms with Crippen LogP contribution < -0.4 is 0 Å². The molecule has 0 unspecified atom stereocenters. The predicted octanol–water partition coefficient (Wildman–Crippen LogP) is 4.09. The van der Waals surface area contributed by atoms with E-state index < -0.39 is 54.6 Å². The second-order valence-electron chi connectivity index (χ2n) is 5.54. The maximum Gasteiger partial charge on any atom is 0.404 e. The van der Waals surface area contributed by atoms with Crippen molar-refractivity contribution in [2.75, 3.05) is 13.1 Å². The summed E-state index contributed by atoms with van der Waals surface area (Å²) in [5, 5.41) is 0. The third kappa shape index (κ3) is 2.88. The Morgan fingerprint density at radius 1 is 1.13 bits per heavy atom. The number of hydrogen-bond donors (Lipinski definition) is 0. The predicted molar refractivity (Wildman–Crippen MR) is 66.2 cm³/mol. The van der Waals surface area contributed by atoms with E-state index in [0.717, 1.165) is 12.1 Å². The molecule has 2 nitrogen and oxygen atoms in total. The maximum atomic E-state index is 13.6. The quantitative estimate of drug-likeness (QED) is 0.704. The van der Waals surface area contributed by atoms with Crippen LogP contribution in [0.3, 0.4) is 0 Å². The first-order valence-corrected chi connectivity index (χ1v) is 6.58. The van der Waals surface area contributed by atoms with Gasteiger partial charge in [0.05, 0.1) is 5.56 Å². The average molecular weight is 343 g/mol. The molecule has 0 atom stereocenters. The summed E-state index contributed by atoms with van der Waals surface area (Å²) >= 11 is 0. The fourth-order valence-corrected chi connectivity index (χ4v) is 2.58. The molecule has 0 bridgehead atoms. The minimum atomic E-state index is -5.55. The highest BCUT2D eigenvalue weighted by Crippen LogP contribution is 2.55. The molecule has 0 aromatic heterocycles. The first kappa shape index (κ1) is 17.6. The van der Waals surface area contributed by atoms with Gasteiger partial charge in [0, 0.05) is 13.1 Å². The Morgan fingerprint density at radius 2 is 1.70 bits per heavy atom. The number of amides is 1. The summed E-state index contributed by atoms with van der Waals surface area (Å²) < 4.78 is 91.4.